The standard InChI is InChI=1S/C26H22ClNO7/c1-33-17-10-7-11-18(34-2)20(17)24(30)21-22(14-12-16(27)23(29)19(13-14)35-3)28(26(32)25(21)31)15-8-5-4-6-9-15/h4-13,22,29-30H,1-3H3/b24-21+. The quantitative estimate of drug-likeness (QED) is 0.290. The van der Waals surface area contributed by atoms with E-state index >= 15 is 0 Å². The van der Waals surface area contributed by atoms with Crippen LogP contribution in [0, 0.1) is 0 Å². The Morgan fingerprint density at radius 1 is 0.886 bits per heavy atom. The van der Waals surface area contributed by atoms with E-state index in [2.05, 4.69) is 0 Å². The number of rotatable bonds is 6. The molecule has 0 aromatic heterocycles. The van der Waals surface area contributed by atoms with Crippen LogP contribution < -0.4 is 19.1 Å². The summed E-state index contributed by atoms with van der Waals surface area (Å²) in [4.78, 5) is 28.0. The van der Waals surface area contributed by atoms with Crippen molar-refractivity contribution in [1.29, 1.82) is 0 Å². The van der Waals surface area contributed by atoms with Gasteiger partial charge in [-0.25, -0.2) is 0 Å². The van der Waals surface area contributed by atoms with Crippen molar-refractivity contribution in [2.24, 2.45) is 0 Å². The van der Waals surface area contributed by atoms with E-state index in [9.17, 15) is 19.8 Å². The van der Waals surface area contributed by atoms with E-state index in [-0.39, 0.29) is 39.2 Å². The lowest BCUT2D eigenvalue weighted by Gasteiger charge is -2.26. The number of aromatic hydroxyl groups is 1. The number of methoxy groups -OCH3 is 3. The largest absolute Gasteiger partial charge is 0.506 e. The molecule has 1 aliphatic rings. The molecule has 1 saturated heterocycles. The summed E-state index contributed by atoms with van der Waals surface area (Å²) in [6.07, 6.45) is 0. The molecule has 1 heterocycles. The highest BCUT2D eigenvalue weighted by atomic mass is 35.5. The number of aliphatic hydroxyl groups is 1. The van der Waals surface area contributed by atoms with Gasteiger partial charge in [-0.15, -0.1) is 0 Å². The number of halogens is 1. The van der Waals surface area contributed by atoms with Gasteiger partial charge in [-0.1, -0.05) is 35.9 Å². The van der Waals surface area contributed by atoms with Gasteiger partial charge in [0.15, 0.2) is 11.5 Å². The van der Waals surface area contributed by atoms with Crippen LogP contribution in [0.2, 0.25) is 5.02 Å². The summed E-state index contributed by atoms with van der Waals surface area (Å²) >= 11 is 6.25. The average molecular weight is 496 g/mol. The zero-order valence-corrected chi connectivity index (χ0v) is 19.9. The van der Waals surface area contributed by atoms with Crippen LogP contribution in [0.4, 0.5) is 5.69 Å². The predicted molar refractivity (Wildman–Crippen MR) is 130 cm³/mol. The maximum absolute atomic E-state index is 13.4. The number of ether oxygens (including phenoxy) is 3. The summed E-state index contributed by atoms with van der Waals surface area (Å²) in [7, 11) is 4.18. The smallest absolute Gasteiger partial charge is 0.300 e. The van der Waals surface area contributed by atoms with Gasteiger partial charge in [0.25, 0.3) is 11.7 Å². The number of amides is 1. The topological polar surface area (TPSA) is 106 Å². The fraction of sp³-hybridized carbons (Fsp3) is 0.154. The number of ketones is 1. The molecule has 1 aliphatic heterocycles. The molecule has 8 nitrogen and oxygen atoms in total. The Morgan fingerprint density at radius 3 is 2.06 bits per heavy atom. The lowest BCUT2D eigenvalue weighted by molar-refractivity contribution is -0.132. The fourth-order valence-corrected chi connectivity index (χ4v) is 4.35. The summed E-state index contributed by atoms with van der Waals surface area (Å²) < 4.78 is 16.0. The van der Waals surface area contributed by atoms with Gasteiger partial charge in [0.2, 0.25) is 0 Å². The van der Waals surface area contributed by atoms with E-state index in [0.717, 1.165) is 0 Å². The van der Waals surface area contributed by atoms with Gasteiger partial charge >= 0.3 is 0 Å². The minimum absolute atomic E-state index is 0.0426. The number of nitrogens with zero attached hydrogens (tertiary/aromatic N) is 1. The second-order valence-corrected chi connectivity index (χ2v) is 8.00. The molecule has 3 aromatic carbocycles. The number of benzene rings is 3. The maximum atomic E-state index is 13.4. The van der Waals surface area contributed by atoms with Crippen LogP contribution >= 0.6 is 11.6 Å². The first-order valence-corrected chi connectivity index (χ1v) is 10.9. The molecule has 1 atom stereocenters. The highest BCUT2D eigenvalue weighted by Crippen LogP contribution is 2.47. The lowest BCUT2D eigenvalue weighted by Crippen LogP contribution is -2.29. The molecule has 0 saturated carbocycles. The minimum Gasteiger partial charge on any atom is -0.506 e. The van der Waals surface area contributed by atoms with Gasteiger partial charge in [-0.3, -0.25) is 14.5 Å². The van der Waals surface area contributed by atoms with Crippen LogP contribution in [-0.2, 0) is 9.59 Å². The zero-order chi connectivity index (χ0) is 25.3. The van der Waals surface area contributed by atoms with Crippen molar-refractivity contribution in [3.63, 3.8) is 0 Å². The molecule has 0 spiro atoms. The van der Waals surface area contributed by atoms with Crippen LogP contribution in [-0.4, -0.2) is 43.2 Å². The number of hydrogen-bond acceptors (Lipinski definition) is 7. The lowest BCUT2D eigenvalue weighted by atomic mass is 9.94. The zero-order valence-electron chi connectivity index (χ0n) is 19.1. The number of Topliss-reactive ketones (excluding diaryl/α,β-unsaturated/α-hetero) is 1. The van der Waals surface area contributed by atoms with Crippen molar-refractivity contribution in [2.45, 2.75) is 6.04 Å². The molecule has 4 rings (SSSR count). The number of para-hydroxylation sites is 1. The van der Waals surface area contributed by atoms with Crippen molar-refractivity contribution >= 4 is 34.7 Å². The molecule has 0 radical (unpaired) electrons. The van der Waals surface area contributed by atoms with E-state index in [4.69, 9.17) is 25.8 Å². The number of anilines is 1. The number of phenolic OH excluding ortho intramolecular Hbond substituents is 1. The Morgan fingerprint density at radius 2 is 1.49 bits per heavy atom. The summed E-state index contributed by atoms with van der Waals surface area (Å²) in [6.45, 7) is 0. The van der Waals surface area contributed by atoms with Crippen LogP contribution in [0.15, 0.2) is 66.2 Å². The Hall–Kier alpha value is -4.17. The Bertz CT molecular complexity index is 1310. The van der Waals surface area contributed by atoms with Crippen molar-refractivity contribution in [3.8, 4) is 23.0 Å². The summed E-state index contributed by atoms with van der Waals surface area (Å²) in [5.74, 6) is -2.00. The van der Waals surface area contributed by atoms with Crippen molar-refractivity contribution in [2.75, 3.05) is 26.2 Å². The van der Waals surface area contributed by atoms with Crippen molar-refractivity contribution in [3.05, 3.63) is 82.4 Å². The Labute approximate surface area is 206 Å². The molecule has 2 N–H and O–H groups in total. The van der Waals surface area contributed by atoms with Crippen LogP contribution in [0.25, 0.3) is 5.76 Å². The molecule has 9 heteroatoms. The van der Waals surface area contributed by atoms with E-state index in [0.29, 0.717) is 11.3 Å². The molecule has 1 amide bonds. The second-order valence-electron chi connectivity index (χ2n) is 7.60. The number of hydrogen-bond donors (Lipinski definition) is 2. The first-order chi connectivity index (χ1) is 16.8. The van der Waals surface area contributed by atoms with Gasteiger partial charge in [0, 0.05) is 5.69 Å². The Kier molecular flexibility index (Phi) is 6.57. The van der Waals surface area contributed by atoms with Crippen molar-refractivity contribution < 1.29 is 34.0 Å². The first kappa shape index (κ1) is 24.0. The summed E-state index contributed by atoms with van der Waals surface area (Å²) in [5, 5.41) is 21.7. The van der Waals surface area contributed by atoms with Crippen LogP contribution in [0.3, 0.4) is 0 Å². The van der Waals surface area contributed by atoms with Gasteiger partial charge in [-0.05, 0) is 42.0 Å². The Balaban J connectivity index is 2.06. The van der Waals surface area contributed by atoms with E-state index in [1.807, 2.05) is 0 Å². The molecule has 1 fully saturated rings. The van der Waals surface area contributed by atoms with E-state index < -0.39 is 23.5 Å². The third kappa shape index (κ3) is 4.02. The van der Waals surface area contributed by atoms with Gasteiger partial charge in [0.1, 0.15) is 22.8 Å². The highest BCUT2D eigenvalue weighted by molar-refractivity contribution is 6.51. The fourth-order valence-electron chi connectivity index (χ4n) is 4.13. The number of aliphatic hydroxyl groups excluding tert-OH is 1. The third-order valence-electron chi connectivity index (χ3n) is 5.73. The van der Waals surface area contributed by atoms with E-state index in [1.54, 1.807) is 48.5 Å². The molecule has 0 aliphatic carbocycles. The van der Waals surface area contributed by atoms with Gasteiger partial charge in [-0.2, -0.15) is 0 Å². The predicted octanol–water partition coefficient (Wildman–Crippen LogP) is 4.70. The van der Waals surface area contributed by atoms with Crippen LogP contribution in [0.1, 0.15) is 17.2 Å². The number of carbonyl (C=O) groups excluding carboxylic acids is 2. The number of phenols is 1. The average Bonchev–Trinajstić information content (AvgIpc) is 3.15. The molecule has 0 bridgehead atoms. The second kappa shape index (κ2) is 9.60. The summed E-state index contributed by atoms with van der Waals surface area (Å²) in [6, 6.07) is 15.2. The minimum atomic E-state index is -1.10. The normalized spacial score (nSPS) is 16.9. The van der Waals surface area contributed by atoms with Crippen molar-refractivity contribution in [1.82, 2.24) is 0 Å². The molecule has 180 valence electrons. The highest BCUT2D eigenvalue weighted by Gasteiger charge is 2.48. The van der Waals surface area contributed by atoms with Crippen LogP contribution in [0.5, 0.6) is 23.0 Å². The summed E-state index contributed by atoms with van der Waals surface area (Å²) in [5.41, 5.74) is 0.674. The monoisotopic (exact) mass is 495 g/mol. The van der Waals surface area contributed by atoms with Gasteiger partial charge in [0.05, 0.1) is 38.0 Å². The molecular weight excluding hydrogens is 474 g/mol. The maximum Gasteiger partial charge on any atom is 0.300 e. The number of carbonyl (C=O) groups is 2. The molecule has 35 heavy (non-hydrogen) atoms. The molecular formula is C26H22ClNO7. The first-order valence-electron chi connectivity index (χ1n) is 10.5. The molecule has 1 unspecified atom stereocenters. The SMILES string of the molecule is COc1cc(C2/C(=C(\O)c3c(OC)cccc3OC)C(=O)C(=O)N2c2ccccc2)cc(Cl)c1O. The molecule has 3 aromatic rings. The third-order valence-corrected chi connectivity index (χ3v) is 6.02. The van der Waals surface area contributed by atoms with Gasteiger partial charge < -0.3 is 24.4 Å². The van der Waals surface area contributed by atoms with E-state index in [1.165, 1.54) is 38.4 Å².